The fourth-order valence-electron chi connectivity index (χ4n) is 3.38. The smallest absolute Gasteiger partial charge is 0.174 e. The molecule has 3 fully saturated rings. The minimum atomic E-state index is -0.348. The summed E-state index contributed by atoms with van der Waals surface area (Å²) >= 11 is 3.54. The van der Waals surface area contributed by atoms with E-state index in [1.54, 1.807) is 7.11 Å². The van der Waals surface area contributed by atoms with Gasteiger partial charge in [-0.3, -0.25) is 0 Å². The molecule has 4 nitrogen and oxygen atoms in total. The molecule has 3 saturated heterocycles. The molecular weight excluding hydrogens is 346 g/mol. The molecule has 3 heterocycles. The van der Waals surface area contributed by atoms with Crippen molar-refractivity contribution >= 4 is 22.0 Å². The van der Waals surface area contributed by atoms with Crippen molar-refractivity contribution in [2.24, 2.45) is 5.92 Å². The predicted octanol–water partition coefficient (Wildman–Crippen LogP) is 3.28. The minimum absolute atomic E-state index is 0.348. The highest BCUT2D eigenvalue weighted by Gasteiger charge is 2.36. The van der Waals surface area contributed by atoms with Crippen LogP contribution < -0.4 is 9.47 Å². The molecule has 120 valence electrons. The third kappa shape index (κ3) is 2.84. The lowest BCUT2D eigenvalue weighted by atomic mass is 9.83. The molecule has 0 aromatic heterocycles. The summed E-state index contributed by atoms with van der Waals surface area (Å²) in [5.41, 5.74) is 2.04. The molecule has 0 aliphatic carbocycles. The Morgan fingerprint density at radius 3 is 2.68 bits per heavy atom. The van der Waals surface area contributed by atoms with Crippen molar-refractivity contribution in [1.29, 1.82) is 0 Å². The number of aliphatic hydroxyl groups excluding tert-OH is 1. The van der Waals surface area contributed by atoms with E-state index in [2.05, 4.69) is 26.9 Å². The largest absolute Gasteiger partial charge is 0.492 e. The number of methoxy groups -OCH3 is 1. The Morgan fingerprint density at radius 2 is 2.09 bits per heavy atom. The van der Waals surface area contributed by atoms with Crippen LogP contribution in [0.5, 0.6) is 11.5 Å². The number of hydrogen-bond acceptors (Lipinski definition) is 4. The Balaban J connectivity index is 1.96. The number of piperidine rings is 3. The van der Waals surface area contributed by atoms with Gasteiger partial charge in [-0.25, -0.2) is 0 Å². The Bertz CT molecular complexity index is 576. The molecule has 1 atom stereocenters. The maximum absolute atomic E-state index is 10.5. The van der Waals surface area contributed by atoms with Crippen molar-refractivity contribution < 1.29 is 14.6 Å². The van der Waals surface area contributed by atoms with E-state index in [-0.39, 0.29) is 6.10 Å². The van der Waals surface area contributed by atoms with Crippen LogP contribution in [-0.4, -0.2) is 42.9 Å². The highest BCUT2D eigenvalue weighted by atomic mass is 79.9. The SMILES string of the molecule is CCOc1cc(/C=C2\[C@H](O)C3CCN2CC3)cc(Br)c1OC. The van der Waals surface area contributed by atoms with Crippen LogP contribution in [0.1, 0.15) is 25.3 Å². The van der Waals surface area contributed by atoms with E-state index in [1.807, 2.05) is 19.1 Å². The summed E-state index contributed by atoms with van der Waals surface area (Å²) in [7, 11) is 1.64. The van der Waals surface area contributed by atoms with Crippen molar-refractivity contribution in [1.82, 2.24) is 4.90 Å². The Labute approximate surface area is 139 Å². The van der Waals surface area contributed by atoms with E-state index in [0.29, 0.717) is 18.3 Å². The molecule has 0 radical (unpaired) electrons. The van der Waals surface area contributed by atoms with Crippen molar-refractivity contribution in [3.63, 3.8) is 0 Å². The second-order valence-electron chi connectivity index (χ2n) is 5.81. The fraction of sp³-hybridized carbons (Fsp3) is 0.529. The van der Waals surface area contributed by atoms with Crippen LogP contribution in [0, 0.1) is 5.92 Å². The van der Waals surface area contributed by atoms with Gasteiger partial charge < -0.3 is 19.5 Å². The first-order valence-electron chi connectivity index (χ1n) is 7.79. The van der Waals surface area contributed by atoms with Gasteiger partial charge >= 0.3 is 0 Å². The van der Waals surface area contributed by atoms with Crippen molar-refractivity contribution in [3.8, 4) is 11.5 Å². The standard InChI is InChI=1S/C17H22BrNO3/c1-3-22-15-10-11(8-13(18)17(15)21-2)9-14-16(20)12-4-6-19(14)7-5-12/h8-10,12,16,20H,3-7H2,1-2H3/b14-9+/t16-/m1/s1. The number of halogens is 1. The zero-order chi connectivity index (χ0) is 15.7. The van der Waals surface area contributed by atoms with Crippen LogP contribution in [-0.2, 0) is 0 Å². The molecule has 0 saturated carbocycles. The van der Waals surface area contributed by atoms with Crippen LogP contribution >= 0.6 is 15.9 Å². The number of ether oxygens (including phenoxy) is 2. The minimum Gasteiger partial charge on any atom is -0.492 e. The summed E-state index contributed by atoms with van der Waals surface area (Å²) in [6, 6.07) is 3.97. The van der Waals surface area contributed by atoms with E-state index < -0.39 is 0 Å². The monoisotopic (exact) mass is 367 g/mol. The summed E-state index contributed by atoms with van der Waals surface area (Å²) in [5, 5.41) is 10.5. The average Bonchev–Trinajstić information content (AvgIpc) is 2.51. The molecule has 1 N–H and O–H groups in total. The van der Waals surface area contributed by atoms with Gasteiger partial charge in [-0.05, 0) is 65.4 Å². The Hall–Kier alpha value is -1.20. The summed E-state index contributed by atoms with van der Waals surface area (Å²) in [4.78, 5) is 2.29. The number of benzene rings is 1. The van der Waals surface area contributed by atoms with Crippen molar-refractivity contribution in [3.05, 3.63) is 27.9 Å². The molecular formula is C17H22BrNO3. The van der Waals surface area contributed by atoms with E-state index >= 15 is 0 Å². The number of aliphatic hydroxyl groups is 1. The number of hydrogen-bond donors (Lipinski definition) is 1. The molecule has 0 spiro atoms. The first kappa shape index (κ1) is 15.7. The van der Waals surface area contributed by atoms with Gasteiger partial charge in [0.2, 0.25) is 0 Å². The molecule has 0 amide bonds. The lowest BCUT2D eigenvalue weighted by Gasteiger charge is -2.46. The van der Waals surface area contributed by atoms with Crippen LogP contribution in [0.15, 0.2) is 22.3 Å². The molecule has 0 unspecified atom stereocenters. The quantitative estimate of drug-likeness (QED) is 0.886. The number of nitrogens with zero attached hydrogens (tertiary/aromatic N) is 1. The Morgan fingerprint density at radius 1 is 1.36 bits per heavy atom. The van der Waals surface area contributed by atoms with Gasteiger partial charge in [0.15, 0.2) is 11.5 Å². The second kappa shape index (κ2) is 6.50. The van der Waals surface area contributed by atoms with Gasteiger partial charge in [-0.1, -0.05) is 0 Å². The van der Waals surface area contributed by atoms with E-state index in [1.165, 1.54) is 0 Å². The number of fused-ring (bicyclic) bond motifs is 3. The lowest BCUT2D eigenvalue weighted by Crippen LogP contribution is -2.48. The molecule has 5 heteroatoms. The van der Waals surface area contributed by atoms with Crippen LogP contribution in [0.25, 0.3) is 6.08 Å². The van der Waals surface area contributed by atoms with Crippen LogP contribution in [0.2, 0.25) is 0 Å². The summed E-state index contributed by atoms with van der Waals surface area (Å²) in [6.45, 7) is 4.63. The fourth-order valence-corrected chi connectivity index (χ4v) is 4.00. The Kier molecular flexibility index (Phi) is 4.64. The van der Waals surface area contributed by atoms with Gasteiger partial charge in [-0.2, -0.15) is 0 Å². The van der Waals surface area contributed by atoms with E-state index in [4.69, 9.17) is 9.47 Å². The average molecular weight is 368 g/mol. The lowest BCUT2D eigenvalue weighted by molar-refractivity contribution is 0.0215. The molecule has 22 heavy (non-hydrogen) atoms. The maximum Gasteiger partial charge on any atom is 0.174 e. The van der Waals surface area contributed by atoms with E-state index in [0.717, 1.165) is 47.4 Å². The zero-order valence-electron chi connectivity index (χ0n) is 13.0. The third-order valence-corrected chi connectivity index (χ3v) is 5.09. The van der Waals surface area contributed by atoms with Gasteiger partial charge in [0, 0.05) is 18.8 Å². The first-order valence-corrected chi connectivity index (χ1v) is 8.58. The maximum atomic E-state index is 10.5. The van der Waals surface area contributed by atoms with Crippen molar-refractivity contribution in [2.75, 3.05) is 26.8 Å². The highest BCUT2D eigenvalue weighted by Crippen LogP contribution is 2.39. The van der Waals surface area contributed by atoms with Gasteiger partial charge in [0.05, 0.1) is 24.3 Å². The molecule has 3 aliphatic heterocycles. The van der Waals surface area contributed by atoms with Gasteiger partial charge in [-0.15, -0.1) is 0 Å². The van der Waals surface area contributed by atoms with Crippen LogP contribution in [0.3, 0.4) is 0 Å². The normalized spacial score (nSPS) is 25.6. The molecule has 3 aliphatic rings. The summed E-state index contributed by atoms with van der Waals surface area (Å²) in [5.74, 6) is 1.83. The summed E-state index contributed by atoms with van der Waals surface area (Å²) in [6.07, 6.45) is 3.91. The molecule has 1 aromatic carbocycles. The highest BCUT2D eigenvalue weighted by molar-refractivity contribution is 9.10. The molecule has 1 aromatic rings. The van der Waals surface area contributed by atoms with E-state index in [9.17, 15) is 5.11 Å². The van der Waals surface area contributed by atoms with Gasteiger partial charge in [0.25, 0.3) is 0 Å². The molecule has 2 bridgehead atoms. The third-order valence-electron chi connectivity index (χ3n) is 4.50. The topological polar surface area (TPSA) is 41.9 Å². The zero-order valence-corrected chi connectivity index (χ0v) is 14.6. The van der Waals surface area contributed by atoms with Gasteiger partial charge in [0.1, 0.15) is 0 Å². The molecule has 4 rings (SSSR count). The van der Waals surface area contributed by atoms with Crippen LogP contribution in [0.4, 0.5) is 0 Å². The van der Waals surface area contributed by atoms with Crippen molar-refractivity contribution in [2.45, 2.75) is 25.9 Å². The second-order valence-corrected chi connectivity index (χ2v) is 6.66. The summed E-state index contributed by atoms with van der Waals surface area (Å²) < 4.78 is 11.9. The predicted molar refractivity (Wildman–Crippen MR) is 90.1 cm³/mol. The first-order chi connectivity index (χ1) is 10.6. The number of rotatable bonds is 4.